The number of nitrogens with zero attached hydrogens (tertiary/aromatic N) is 4. The molecule has 0 radical (unpaired) electrons. The van der Waals surface area contributed by atoms with Gasteiger partial charge < -0.3 is 4.57 Å². The molecule has 130 valence electrons. The van der Waals surface area contributed by atoms with Crippen LogP contribution >= 0.6 is 0 Å². The maximum Gasteiger partial charge on any atom is 0.246 e. The molecular weight excluding hydrogens is 338 g/mol. The van der Waals surface area contributed by atoms with Crippen molar-refractivity contribution in [2.75, 3.05) is 32.7 Å². The molecule has 1 aromatic carbocycles. The molecular formula is C15H18F2N4O2S. The van der Waals surface area contributed by atoms with Crippen LogP contribution in [0, 0.1) is 11.6 Å². The molecule has 2 aromatic rings. The van der Waals surface area contributed by atoms with Crippen molar-refractivity contribution >= 4 is 10.0 Å². The average Bonchev–Trinajstić information content (AvgIpc) is 3.06. The minimum absolute atomic E-state index is 0.281. The Morgan fingerprint density at radius 3 is 2.46 bits per heavy atom. The summed E-state index contributed by atoms with van der Waals surface area (Å²) in [6.45, 7) is 3.26. The molecule has 1 aliphatic rings. The lowest BCUT2D eigenvalue weighted by Crippen LogP contribution is -2.49. The molecule has 24 heavy (non-hydrogen) atoms. The van der Waals surface area contributed by atoms with E-state index >= 15 is 0 Å². The zero-order valence-corrected chi connectivity index (χ0v) is 13.8. The van der Waals surface area contributed by atoms with Gasteiger partial charge in [0.2, 0.25) is 10.0 Å². The number of aromatic nitrogens is 2. The van der Waals surface area contributed by atoms with Gasteiger partial charge >= 0.3 is 0 Å². The first-order chi connectivity index (χ1) is 11.5. The SMILES string of the molecule is O=S(=O)(c1ccc(F)cc1F)N1CCN(CCn2ccnc2)CC1. The van der Waals surface area contributed by atoms with E-state index in [4.69, 9.17) is 0 Å². The van der Waals surface area contributed by atoms with E-state index in [1.807, 2.05) is 10.8 Å². The van der Waals surface area contributed by atoms with Crippen LogP contribution in [0.2, 0.25) is 0 Å². The van der Waals surface area contributed by atoms with Crippen molar-refractivity contribution in [1.29, 1.82) is 0 Å². The zero-order valence-electron chi connectivity index (χ0n) is 13.0. The Kier molecular flexibility index (Phi) is 4.93. The van der Waals surface area contributed by atoms with Crippen LogP contribution in [-0.4, -0.2) is 59.9 Å². The van der Waals surface area contributed by atoms with E-state index in [0.29, 0.717) is 19.2 Å². The maximum absolute atomic E-state index is 13.8. The van der Waals surface area contributed by atoms with Crippen molar-refractivity contribution in [2.24, 2.45) is 0 Å². The fourth-order valence-electron chi connectivity index (χ4n) is 2.69. The fourth-order valence-corrected chi connectivity index (χ4v) is 4.16. The quantitative estimate of drug-likeness (QED) is 0.807. The number of rotatable bonds is 5. The Bertz CT molecular complexity index is 788. The van der Waals surface area contributed by atoms with Gasteiger partial charge in [0.25, 0.3) is 0 Å². The van der Waals surface area contributed by atoms with E-state index in [1.165, 1.54) is 4.31 Å². The molecule has 3 rings (SSSR count). The van der Waals surface area contributed by atoms with Crippen LogP contribution in [0.15, 0.2) is 41.8 Å². The Labute approximate surface area is 139 Å². The van der Waals surface area contributed by atoms with Crippen LogP contribution in [0.3, 0.4) is 0 Å². The van der Waals surface area contributed by atoms with Crippen LogP contribution in [-0.2, 0) is 16.6 Å². The van der Waals surface area contributed by atoms with Crippen LogP contribution < -0.4 is 0 Å². The zero-order chi connectivity index (χ0) is 17.2. The van der Waals surface area contributed by atoms with Gasteiger partial charge in [-0.3, -0.25) is 4.90 Å². The maximum atomic E-state index is 13.8. The van der Waals surface area contributed by atoms with E-state index in [-0.39, 0.29) is 13.1 Å². The third-order valence-electron chi connectivity index (χ3n) is 4.08. The van der Waals surface area contributed by atoms with Crippen molar-refractivity contribution < 1.29 is 17.2 Å². The molecule has 1 aromatic heterocycles. The molecule has 0 aliphatic carbocycles. The van der Waals surface area contributed by atoms with Crippen LogP contribution in [0.25, 0.3) is 0 Å². The topological polar surface area (TPSA) is 58.4 Å². The number of halogens is 2. The summed E-state index contributed by atoms with van der Waals surface area (Å²) in [4.78, 5) is 5.64. The van der Waals surface area contributed by atoms with Crippen molar-refractivity contribution in [1.82, 2.24) is 18.8 Å². The van der Waals surface area contributed by atoms with Gasteiger partial charge in [0, 0.05) is 57.7 Å². The molecule has 1 fully saturated rings. The van der Waals surface area contributed by atoms with E-state index in [2.05, 4.69) is 9.88 Å². The Morgan fingerprint density at radius 1 is 1.08 bits per heavy atom. The van der Waals surface area contributed by atoms with Gasteiger partial charge in [0.1, 0.15) is 16.5 Å². The van der Waals surface area contributed by atoms with E-state index < -0.39 is 26.6 Å². The number of sulfonamides is 1. The van der Waals surface area contributed by atoms with Crippen LogP contribution in [0.1, 0.15) is 0 Å². The highest BCUT2D eigenvalue weighted by molar-refractivity contribution is 7.89. The predicted molar refractivity (Wildman–Crippen MR) is 83.8 cm³/mol. The number of hydrogen-bond acceptors (Lipinski definition) is 4. The molecule has 2 heterocycles. The molecule has 0 N–H and O–H groups in total. The third kappa shape index (κ3) is 3.63. The van der Waals surface area contributed by atoms with Gasteiger partial charge in [0.15, 0.2) is 0 Å². The first-order valence-electron chi connectivity index (χ1n) is 7.60. The van der Waals surface area contributed by atoms with Crippen molar-refractivity contribution in [2.45, 2.75) is 11.4 Å². The van der Waals surface area contributed by atoms with Gasteiger partial charge in [-0.25, -0.2) is 22.2 Å². The summed E-state index contributed by atoms with van der Waals surface area (Å²) in [6, 6.07) is 2.52. The highest BCUT2D eigenvalue weighted by Gasteiger charge is 2.30. The molecule has 0 spiro atoms. The van der Waals surface area contributed by atoms with Crippen LogP contribution in [0.4, 0.5) is 8.78 Å². The summed E-state index contributed by atoms with van der Waals surface area (Å²) in [6.07, 6.45) is 5.32. The van der Waals surface area contributed by atoms with Gasteiger partial charge in [-0.2, -0.15) is 4.31 Å². The largest absolute Gasteiger partial charge is 0.336 e. The number of benzene rings is 1. The predicted octanol–water partition coefficient (Wildman–Crippen LogP) is 1.17. The number of hydrogen-bond donors (Lipinski definition) is 0. The van der Waals surface area contributed by atoms with Gasteiger partial charge in [-0.05, 0) is 12.1 Å². The third-order valence-corrected chi connectivity index (χ3v) is 6.01. The fraction of sp³-hybridized carbons (Fsp3) is 0.400. The van der Waals surface area contributed by atoms with E-state index in [0.717, 1.165) is 25.2 Å². The summed E-state index contributed by atoms with van der Waals surface area (Å²) >= 11 is 0. The van der Waals surface area contributed by atoms with Crippen molar-refractivity contribution in [3.63, 3.8) is 0 Å². The molecule has 0 saturated carbocycles. The summed E-state index contributed by atoms with van der Waals surface area (Å²) in [5.74, 6) is -1.85. The van der Waals surface area contributed by atoms with Gasteiger partial charge in [-0.15, -0.1) is 0 Å². The average molecular weight is 356 g/mol. The number of piperazine rings is 1. The first-order valence-corrected chi connectivity index (χ1v) is 9.04. The Balaban J connectivity index is 1.61. The smallest absolute Gasteiger partial charge is 0.246 e. The normalized spacial score (nSPS) is 17.2. The number of imidazole rings is 1. The molecule has 9 heteroatoms. The molecule has 6 nitrogen and oxygen atoms in total. The first kappa shape index (κ1) is 17.0. The lowest BCUT2D eigenvalue weighted by Gasteiger charge is -2.34. The summed E-state index contributed by atoms with van der Waals surface area (Å²) in [5, 5.41) is 0. The molecule has 0 bridgehead atoms. The van der Waals surface area contributed by atoms with E-state index in [1.54, 1.807) is 12.5 Å². The highest BCUT2D eigenvalue weighted by atomic mass is 32.2. The molecule has 1 aliphatic heterocycles. The minimum atomic E-state index is -3.94. The van der Waals surface area contributed by atoms with Crippen molar-refractivity contribution in [3.05, 3.63) is 48.6 Å². The van der Waals surface area contributed by atoms with Gasteiger partial charge in [-0.1, -0.05) is 0 Å². The van der Waals surface area contributed by atoms with Crippen LogP contribution in [0.5, 0.6) is 0 Å². The van der Waals surface area contributed by atoms with Crippen molar-refractivity contribution in [3.8, 4) is 0 Å². The Hall–Kier alpha value is -1.84. The summed E-state index contributed by atoms with van der Waals surface area (Å²) in [5.41, 5.74) is 0. The lowest BCUT2D eigenvalue weighted by molar-refractivity contribution is 0.182. The Morgan fingerprint density at radius 2 is 1.83 bits per heavy atom. The second kappa shape index (κ2) is 6.96. The molecule has 0 amide bonds. The molecule has 0 atom stereocenters. The second-order valence-corrected chi connectivity index (χ2v) is 7.53. The minimum Gasteiger partial charge on any atom is -0.336 e. The summed E-state index contributed by atoms with van der Waals surface area (Å²) in [7, 11) is -3.94. The van der Waals surface area contributed by atoms with E-state index in [9.17, 15) is 17.2 Å². The lowest BCUT2D eigenvalue weighted by atomic mass is 10.3. The summed E-state index contributed by atoms with van der Waals surface area (Å²) < 4.78 is 55.0. The molecule has 1 saturated heterocycles. The highest BCUT2D eigenvalue weighted by Crippen LogP contribution is 2.21. The van der Waals surface area contributed by atoms with Gasteiger partial charge in [0.05, 0.1) is 6.33 Å². The standard InChI is InChI=1S/C15H18F2N4O2S/c16-13-1-2-15(14(17)11-13)24(22,23)21-9-7-19(8-10-21)5-6-20-4-3-18-12-20/h1-4,11-12H,5-10H2. The molecule has 0 unspecified atom stereocenters. The monoisotopic (exact) mass is 356 g/mol. The second-order valence-electron chi connectivity index (χ2n) is 5.62.